The van der Waals surface area contributed by atoms with E-state index >= 15 is 0 Å². The molecule has 1 fully saturated rings. The third-order valence-corrected chi connectivity index (χ3v) is 4.41. The Labute approximate surface area is 123 Å². The monoisotopic (exact) mass is 285 g/mol. The van der Waals surface area contributed by atoms with Crippen molar-refractivity contribution in [3.8, 4) is 0 Å². The molecule has 118 valence electrons. The lowest BCUT2D eigenvalue weighted by Crippen LogP contribution is -2.49. The van der Waals surface area contributed by atoms with Gasteiger partial charge in [0.15, 0.2) is 0 Å². The van der Waals surface area contributed by atoms with E-state index in [1.807, 2.05) is 7.05 Å². The number of methoxy groups -OCH3 is 1. The summed E-state index contributed by atoms with van der Waals surface area (Å²) < 4.78 is 11.0. The van der Waals surface area contributed by atoms with Gasteiger partial charge in [0.05, 0.1) is 19.3 Å². The van der Waals surface area contributed by atoms with Gasteiger partial charge in [-0.2, -0.15) is 0 Å². The third-order valence-electron chi connectivity index (χ3n) is 4.41. The summed E-state index contributed by atoms with van der Waals surface area (Å²) in [7, 11) is 3.28. The largest absolute Gasteiger partial charge is 0.468 e. The highest BCUT2D eigenvalue weighted by molar-refractivity contribution is 5.81. The molecule has 1 aliphatic carbocycles. The Balaban J connectivity index is 2.34. The first-order chi connectivity index (χ1) is 9.57. The highest BCUT2D eigenvalue weighted by atomic mass is 16.5. The van der Waals surface area contributed by atoms with Gasteiger partial charge in [-0.15, -0.1) is 0 Å². The minimum absolute atomic E-state index is 0.165. The van der Waals surface area contributed by atoms with E-state index < -0.39 is 5.54 Å². The second kappa shape index (κ2) is 8.63. The second-order valence-electron chi connectivity index (χ2n) is 5.98. The molecule has 0 aromatic carbocycles. The van der Waals surface area contributed by atoms with Crippen molar-refractivity contribution in [2.75, 3.05) is 14.2 Å². The molecule has 4 heteroatoms. The van der Waals surface area contributed by atoms with Gasteiger partial charge in [-0.25, -0.2) is 0 Å². The minimum Gasteiger partial charge on any atom is -0.468 e. The van der Waals surface area contributed by atoms with Crippen molar-refractivity contribution in [1.29, 1.82) is 0 Å². The van der Waals surface area contributed by atoms with Gasteiger partial charge in [-0.1, -0.05) is 32.6 Å². The molecule has 3 unspecified atom stereocenters. The third kappa shape index (κ3) is 4.74. The summed E-state index contributed by atoms with van der Waals surface area (Å²) in [5.74, 6) is -0.165. The second-order valence-corrected chi connectivity index (χ2v) is 5.98. The number of esters is 1. The fourth-order valence-corrected chi connectivity index (χ4v) is 3.08. The molecule has 0 aliphatic heterocycles. The average Bonchev–Trinajstić information content (AvgIpc) is 2.87. The lowest BCUT2D eigenvalue weighted by Gasteiger charge is -2.26. The summed E-state index contributed by atoms with van der Waals surface area (Å²) in [6, 6.07) is 0. The van der Waals surface area contributed by atoms with E-state index in [4.69, 9.17) is 9.47 Å². The Morgan fingerprint density at radius 3 is 2.75 bits per heavy atom. The number of unbranched alkanes of at least 4 members (excludes halogenated alkanes) is 3. The summed E-state index contributed by atoms with van der Waals surface area (Å²) in [5.41, 5.74) is -0.540. The van der Waals surface area contributed by atoms with E-state index in [1.165, 1.54) is 32.8 Å². The number of nitrogens with one attached hydrogen (secondary N) is 1. The van der Waals surface area contributed by atoms with Crippen molar-refractivity contribution in [2.45, 2.75) is 83.0 Å². The summed E-state index contributed by atoms with van der Waals surface area (Å²) in [6.45, 7) is 4.37. The molecule has 0 spiro atoms. The lowest BCUT2D eigenvalue weighted by molar-refractivity contribution is -0.148. The number of carbonyl (C=O) groups excluding carboxylic acids is 1. The number of hydrogen-bond acceptors (Lipinski definition) is 4. The molecule has 1 aliphatic rings. The fraction of sp³-hybridized carbons (Fsp3) is 0.938. The van der Waals surface area contributed by atoms with Crippen LogP contribution in [0.15, 0.2) is 0 Å². The summed E-state index contributed by atoms with van der Waals surface area (Å²) in [5, 5.41) is 3.14. The van der Waals surface area contributed by atoms with Gasteiger partial charge >= 0.3 is 5.97 Å². The number of carbonyl (C=O) groups is 1. The summed E-state index contributed by atoms with van der Waals surface area (Å²) >= 11 is 0. The highest BCUT2D eigenvalue weighted by Crippen LogP contribution is 2.33. The van der Waals surface area contributed by atoms with Gasteiger partial charge in [0.25, 0.3) is 0 Å². The Morgan fingerprint density at radius 1 is 1.40 bits per heavy atom. The maximum atomic E-state index is 11.9. The highest BCUT2D eigenvalue weighted by Gasteiger charge is 2.45. The summed E-state index contributed by atoms with van der Waals surface area (Å²) in [6.07, 6.45) is 9.09. The SMILES string of the molecule is CCCCCCC(C)OC1CCC(NC)(C(=O)OC)C1. The van der Waals surface area contributed by atoms with Crippen LogP contribution < -0.4 is 5.32 Å². The van der Waals surface area contributed by atoms with Crippen LogP contribution in [0.3, 0.4) is 0 Å². The van der Waals surface area contributed by atoms with E-state index in [-0.39, 0.29) is 18.2 Å². The van der Waals surface area contributed by atoms with Crippen LogP contribution in [0.4, 0.5) is 0 Å². The average molecular weight is 285 g/mol. The molecular weight excluding hydrogens is 254 g/mol. The van der Waals surface area contributed by atoms with Crippen LogP contribution in [0, 0.1) is 0 Å². The lowest BCUT2D eigenvalue weighted by atomic mass is 9.98. The van der Waals surface area contributed by atoms with Crippen molar-refractivity contribution in [2.24, 2.45) is 0 Å². The normalized spacial score (nSPS) is 27.5. The van der Waals surface area contributed by atoms with Gasteiger partial charge in [0.2, 0.25) is 0 Å². The molecule has 0 aromatic heterocycles. The predicted octanol–water partition coefficient (Wildman–Crippen LogP) is 3.05. The quantitative estimate of drug-likeness (QED) is 0.522. The van der Waals surface area contributed by atoms with Crippen molar-refractivity contribution < 1.29 is 14.3 Å². The molecule has 1 saturated carbocycles. The maximum absolute atomic E-state index is 11.9. The zero-order valence-corrected chi connectivity index (χ0v) is 13.5. The Hall–Kier alpha value is -0.610. The van der Waals surface area contributed by atoms with Crippen LogP contribution in [0.2, 0.25) is 0 Å². The number of ether oxygens (including phenoxy) is 2. The first-order valence-electron chi connectivity index (χ1n) is 8.00. The van der Waals surface area contributed by atoms with Crippen LogP contribution in [0.1, 0.15) is 65.2 Å². The van der Waals surface area contributed by atoms with E-state index in [2.05, 4.69) is 19.2 Å². The van der Waals surface area contributed by atoms with Crippen molar-refractivity contribution in [3.05, 3.63) is 0 Å². The Bertz CT molecular complexity index is 295. The minimum atomic E-state index is -0.540. The van der Waals surface area contributed by atoms with Gasteiger partial charge in [-0.3, -0.25) is 4.79 Å². The first-order valence-corrected chi connectivity index (χ1v) is 8.00. The summed E-state index contributed by atoms with van der Waals surface area (Å²) in [4.78, 5) is 11.9. The van der Waals surface area contributed by atoms with E-state index in [9.17, 15) is 4.79 Å². The molecule has 0 radical (unpaired) electrons. The van der Waals surface area contributed by atoms with E-state index in [0.29, 0.717) is 0 Å². The van der Waals surface area contributed by atoms with Gasteiger partial charge in [-0.05, 0) is 33.2 Å². The molecule has 0 saturated heterocycles. The maximum Gasteiger partial charge on any atom is 0.326 e. The van der Waals surface area contributed by atoms with Crippen LogP contribution in [0.25, 0.3) is 0 Å². The topological polar surface area (TPSA) is 47.6 Å². The molecule has 0 heterocycles. The van der Waals surface area contributed by atoms with E-state index in [0.717, 1.165) is 25.7 Å². The number of hydrogen-bond donors (Lipinski definition) is 1. The van der Waals surface area contributed by atoms with Crippen LogP contribution in [0.5, 0.6) is 0 Å². The van der Waals surface area contributed by atoms with Crippen LogP contribution in [-0.4, -0.2) is 37.9 Å². The molecule has 0 aromatic rings. The zero-order valence-electron chi connectivity index (χ0n) is 13.5. The molecule has 0 amide bonds. The Morgan fingerprint density at radius 2 is 2.15 bits per heavy atom. The predicted molar refractivity (Wildman–Crippen MR) is 80.8 cm³/mol. The van der Waals surface area contributed by atoms with Gasteiger partial charge in [0, 0.05) is 6.42 Å². The van der Waals surface area contributed by atoms with Gasteiger partial charge in [0.1, 0.15) is 5.54 Å². The molecule has 0 bridgehead atoms. The molecule has 4 nitrogen and oxygen atoms in total. The Kier molecular flexibility index (Phi) is 7.52. The van der Waals surface area contributed by atoms with Gasteiger partial charge < -0.3 is 14.8 Å². The number of rotatable bonds is 9. The van der Waals surface area contributed by atoms with Crippen molar-refractivity contribution in [3.63, 3.8) is 0 Å². The van der Waals surface area contributed by atoms with Crippen LogP contribution >= 0.6 is 0 Å². The fourth-order valence-electron chi connectivity index (χ4n) is 3.08. The van der Waals surface area contributed by atoms with Crippen molar-refractivity contribution >= 4 is 5.97 Å². The smallest absolute Gasteiger partial charge is 0.326 e. The van der Waals surface area contributed by atoms with Crippen LogP contribution in [-0.2, 0) is 14.3 Å². The zero-order chi connectivity index (χ0) is 15.0. The standard InChI is InChI=1S/C16H31NO3/c1-5-6-7-8-9-13(2)20-14-10-11-16(12-14,17-3)15(18)19-4/h13-14,17H,5-12H2,1-4H3. The molecule has 20 heavy (non-hydrogen) atoms. The molecule has 1 N–H and O–H groups in total. The molecule has 1 rings (SSSR count). The number of likely N-dealkylation sites (N-methyl/N-ethyl adjacent to an activating group) is 1. The molecule has 3 atom stereocenters. The molecular formula is C16H31NO3. The first kappa shape index (κ1) is 17.4. The van der Waals surface area contributed by atoms with Crippen molar-refractivity contribution in [1.82, 2.24) is 5.32 Å². The van der Waals surface area contributed by atoms with E-state index in [1.54, 1.807) is 0 Å².